The highest BCUT2D eigenvalue weighted by atomic mass is 16.3. The number of carbonyl (C=O) groups excluding carboxylic acids is 2. The van der Waals surface area contributed by atoms with Crippen LogP contribution in [0.25, 0.3) is 22.3 Å². The average molecular weight is 591 g/mol. The molecule has 0 fully saturated rings. The molecule has 0 aromatic heterocycles. The van der Waals surface area contributed by atoms with Gasteiger partial charge in [-0.2, -0.15) is 0 Å². The third-order valence-electron chi connectivity index (χ3n) is 7.54. The Morgan fingerprint density at radius 2 is 0.800 bits per heavy atom. The number of anilines is 2. The Labute approximate surface area is 261 Å². The van der Waals surface area contributed by atoms with Crippen LogP contribution in [0.2, 0.25) is 0 Å². The summed E-state index contributed by atoms with van der Waals surface area (Å²) in [6, 6.07) is 44.4. The highest BCUT2D eigenvalue weighted by molar-refractivity contribution is 6.06. The Kier molecular flexibility index (Phi) is 8.38. The first-order chi connectivity index (χ1) is 21.9. The number of hydrogen-bond acceptors (Lipinski definition) is 4. The van der Waals surface area contributed by atoms with E-state index < -0.39 is 0 Å². The molecule has 0 bridgehead atoms. The molecular formula is C39H30N2O4. The third-order valence-corrected chi connectivity index (χ3v) is 7.54. The molecule has 45 heavy (non-hydrogen) atoms. The van der Waals surface area contributed by atoms with E-state index >= 15 is 0 Å². The maximum absolute atomic E-state index is 13.0. The molecule has 4 N–H and O–H groups in total. The molecule has 2 amide bonds. The number of phenolic OH excluding ortho intramolecular Hbond substituents is 2. The van der Waals surface area contributed by atoms with Gasteiger partial charge in [-0.15, -0.1) is 0 Å². The van der Waals surface area contributed by atoms with E-state index in [9.17, 15) is 19.8 Å². The van der Waals surface area contributed by atoms with Crippen LogP contribution in [0, 0.1) is 0 Å². The Morgan fingerprint density at radius 3 is 1.18 bits per heavy atom. The summed E-state index contributed by atoms with van der Waals surface area (Å²) in [7, 11) is 0. The van der Waals surface area contributed by atoms with Gasteiger partial charge in [0, 0.05) is 11.1 Å². The van der Waals surface area contributed by atoms with Gasteiger partial charge in [-0.3, -0.25) is 9.59 Å². The predicted octanol–water partition coefficient (Wildman–Crippen LogP) is 8.53. The van der Waals surface area contributed by atoms with Crippen molar-refractivity contribution >= 4 is 23.2 Å². The normalized spacial score (nSPS) is 10.7. The number of aromatic hydroxyl groups is 2. The first-order valence-electron chi connectivity index (χ1n) is 14.5. The van der Waals surface area contributed by atoms with E-state index in [4.69, 9.17) is 0 Å². The Bertz CT molecular complexity index is 1810. The van der Waals surface area contributed by atoms with Crippen molar-refractivity contribution in [3.8, 4) is 33.8 Å². The van der Waals surface area contributed by atoms with Gasteiger partial charge in [0.1, 0.15) is 11.5 Å². The minimum atomic E-state index is -0.339. The zero-order valence-corrected chi connectivity index (χ0v) is 24.3. The summed E-state index contributed by atoms with van der Waals surface area (Å²) in [6.07, 6.45) is 0.434. The monoisotopic (exact) mass is 590 g/mol. The largest absolute Gasteiger partial charge is 0.506 e. The second-order valence-electron chi connectivity index (χ2n) is 10.7. The first-order valence-corrected chi connectivity index (χ1v) is 14.5. The second-order valence-corrected chi connectivity index (χ2v) is 10.7. The smallest absolute Gasteiger partial charge is 0.255 e. The van der Waals surface area contributed by atoms with Gasteiger partial charge < -0.3 is 20.8 Å². The van der Waals surface area contributed by atoms with Crippen LogP contribution in [0.1, 0.15) is 31.8 Å². The van der Waals surface area contributed by atoms with Crippen LogP contribution in [0.4, 0.5) is 11.4 Å². The molecule has 0 saturated carbocycles. The zero-order chi connectivity index (χ0) is 31.2. The maximum atomic E-state index is 13.0. The van der Waals surface area contributed by atoms with Crippen LogP contribution in [-0.4, -0.2) is 22.0 Å². The van der Waals surface area contributed by atoms with Crippen molar-refractivity contribution in [3.05, 3.63) is 168 Å². The highest BCUT2D eigenvalue weighted by Gasteiger charge is 2.13. The number of hydrogen-bond donors (Lipinski definition) is 4. The Hall–Kier alpha value is -6.14. The van der Waals surface area contributed by atoms with Gasteiger partial charge in [0.15, 0.2) is 0 Å². The van der Waals surface area contributed by atoms with Gasteiger partial charge in [-0.05, 0) is 88.3 Å². The van der Waals surface area contributed by atoms with E-state index in [0.29, 0.717) is 17.5 Å². The van der Waals surface area contributed by atoms with Crippen molar-refractivity contribution in [2.24, 2.45) is 0 Å². The molecule has 0 aliphatic rings. The van der Waals surface area contributed by atoms with Crippen molar-refractivity contribution < 1.29 is 19.8 Å². The molecule has 0 aliphatic carbocycles. The maximum Gasteiger partial charge on any atom is 0.255 e. The van der Waals surface area contributed by atoms with Gasteiger partial charge in [0.05, 0.1) is 11.4 Å². The third kappa shape index (κ3) is 6.92. The van der Waals surface area contributed by atoms with Crippen LogP contribution in [0.3, 0.4) is 0 Å². The molecule has 6 aromatic carbocycles. The summed E-state index contributed by atoms with van der Waals surface area (Å²) in [5.41, 5.74) is 7.27. The molecule has 0 aliphatic heterocycles. The molecule has 0 unspecified atom stereocenters. The van der Waals surface area contributed by atoms with Gasteiger partial charge in [0.25, 0.3) is 11.8 Å². The van der Waals surface area contributed by atoms with Crippen LogP contribution in [0.15, 0.2) is 146 Å². The Morgan fingerprint density at radius 1 is 0.444 bits per heavy atom. The molecule has 0 saturated heterocycles. The molecule has 0 atom stereocenters. The van der Waals surface area contributed by atoms with Crippen molar-refractivity contribution in [1.29, 1.82) is 0 Å². The summed E-state index contributed by atoms with van der Waals surface area (Å²) in [6.45, 7) is 0. The molecule has 0 heterocycles. The number of amides is 2. The number of nitrogens with one attached hydrogen (secondary N) is 2. The molecule has 220 valence electrons. The van der Waals surface area contributed by atoms with Gasteiger partial charge in [-0.25, -0.2) is 0 Å². The van der Waals surface area contributed by atoms with Crippen molar-refractivity contribution in [2.45, 2.75) is 6.42 Å². The summed E-state index contributed by atoms with van der Waals surface area (Å²) >= 11 is 0. The molecule has 6 heteroatoms. The molecule has 0 spiro atoms. The SMILES string of the molecule is O=C(Nc1cc(Cc2ccc(O)c(NC(=O)c3ccc(-c4ccccc4)cc3)c2)ccc1O)c1ccc(-c2ccccc2)cc1. The Balaban J connectivity index is 1.13. The fourth-order valence-corrected chi connectivity index (χ4v) is 5.10. The quantitative estimate of drug-likeness (QED) is 0.134. The average Bonchev–Trinajstić information content (AvgIpc) is 3.08. The molecule has 6 nitrogen and oxygen atoms in total. The van der Waals surface area contributed by atoms with Crippen LogP contribution >= 0.6 is 0 Å². The lowest BCUT2D eigenvalue weighted by molar-refractivity contribution is 0.101. The fraction of sp³-hybridized carbons (Fsp3) is 0.0256. The lowest BCUT2D eigenvalue weighted by atomic mass is 10.0. The first kappa shape index (κ1) is 29.0. The predicted molar refractivity (Wildman–Crippen MR) is 179 cm³/mol. The zero-order valence-electron chi connectivity index (χ0n) is 24.3. The van der Waals surface area contributed by atoms with E-state index in [1.807, 2.05) is 84.9 Å². The second kappa shape index (κ2) is 13.0. The molecular weight excluding hydrogens is 560 g/mol. The van der Waals surface area contributed by atoms with E-state index in [0.717, 1.165) is 33.4 Å². The van der Waals surface area contributed by atoms with Gasteiger partial charge in [0.2, 0.25) is 0 Å². The molecule has 6 aromatic rings. The van der Waals surface area contributed by atoms with Crippen LogP contribution < -0.4 is 10.6 Å². The van der Waals surface area contributed by atoms with Crippen molar-refractivity contribution in [2.75, 3.05) is 10.6 Å². The van der Waals surface area contributed by atoms with Crippen LogP contribution in [-0.2, 0) is 6.42 Å². The highest BCUT2D eigenvalue weighted by Crippen LogP contribution is 2.30. The lowest BCUT2D eigenvalue weighted by Crippen LogP contribution is -2.12. The van der Waals surface area contributed by atoms with Gasteiger partial charge in [-0.1, -0.05) is 97.1 Å². The summed E-state index contributed by atoms with van der Waals surface area (Å²) in [5, 5.41) is 26.5. The standard InChI is InChI=1S/C39H30N2O4/c42-36-21-11-26(24-34(36)40-38(44)32-17-13-30(14-18-32)28-7-3-1-4-8-28)23-27-12-22-37(43)35(25-27)41-39(45)33-19-15-31(16-20-33)29-9-5-2-6-10-29/h1-22,24-25,42-43H,23H2,(H,40,44)(H,41,45). The van der Waals surface area contributed by atoms with E-state index in [-0.39, 0.29) is 34.7 Å². The fourth-order valence-electron chi connectivity index (χ4n) is 5.10. The lowest BCUT2D eigenvalue weighted by Gasteiger charge is -2.12. The van der Waals surface area contributed by atoms with E-state index in [1.54, 1.807) is 48.5 Å². The minimum absolute atomic E-state index is 0.0510. The summed E-state index contributed by atoms with van der Waals surface area (Å²) in [4.78, 5) is 26.0. The summed E-state index contributed by atoms with van der Waals surface area (Å²) < 4.78 is 0. The topological polar surface area (TPSA) is 98.7 Å². The van der Waals surface area contributed by atoms with Crippen LogP contribution in [0.5, 0.6) is 11.5 Å². The van der Waals surface area contributed by atoms with Crippen molar-refractivity contribution in [3.63, 3.8) is 0 Å². The number of phenols is 2. The van der Waals surface area contributed by atoms with Crippen molar-refractivity contribution in [1.82, 2.24) is 0 Å². The molecule has 6 rings (SSSR count). The number of benzene rings is 6. The van der Waals surface area contributed by atoms with E-state index in [2.05, 4.69) is 10.6 Å². The van der Waals surface area contributed by atoms with E-state index in [1.165, 1.54) is 12.1 Å². The summed E-state index contributed by atoms with van der Waals surface area (Å²) in [5.74, 6) is -0.781. The minimum Gasteiger partial charge on any atom is -0.506 e. The van der Waals surface area contributed by atoms with Gasteiger partial charge >= 0.3 is 0 Å². The molecule has 0 radical (unpaired) electrons. The number of carbonyl (C=O) groups is 2. The number of rotatable bonds is 8.